The van der Waals surface area contributed by atoms with Crippen molar-refractivity contribution < 1.29 is 9.59 Å². The first-order valence-electron chi connectivity index (χ1n) is 8.49. The molecule has 2 heterocycles. The standard InChI is InChI=1S/C19H22N4O2/c24-18(21-17-6-2-1-3-7-17)8-10-22-11-13-23(14-12-22)19(25)16-5-4-9-20-15-16/h1-7,9,15H,8,10-14H2,(H,21,24). The maximum Gasteiger partial charge on any atom is 0.255 e. The molecule has 25 heavy (non-hydrogen) atoms. The molecular formula is C19H22N4O2. The van der Waals surface area contributed by atoms with Crippen LogP contribution in [0.25, 0.3) is 0 Å². The summed E-state index contributed by atoms with van der Waals surface area (Å²) < 4.78 is 0. The molecule has 1 aromatic heterocycles. The van der Waals surface area contributed by atoms with Crippen molar-refractivity contribution in [3.8, 4) is 0 Å². The van der Waals surface area contributed by atoms with Crippen LogP contribution in [0.15, 0.2) is 54.9 Å². The lowest BCUT2D eigenvalue weighted by Gasteiger charge is -2.34. The Hall–Kier alpha value is -2.73. The molecule has 1 fully saturated rings. The van der Waals surface area contributed by atoms with Crippen molar-refractivity contribution in [1.82, 2.24) is 14.8 Å². The molecule has 0 spiro atoms. The summed E-state index contributed by atoms with van der Waals surface area (Å²) in [7, 11) is 0. The average molecular weight is 338 g/mol. The van der Waals surface area contributed by atoms with Gasteiger partial charge in [0.15, 0.2) is 0 Å². The van der Waals surface area contributed by atoms with Crippen LogP contribution >= 0.6 is 0 Å². The van der Waals surface area contributed by atoms with E-state index in [-0.39, 0.29) is 11.8 Å². The zero-order valence-corrected chi connectivity index (χ0v) is 14.1. The van der Waals surface area contributed by atoms with E-state index in [0.717, 1.165) is 18.8 Å². The van der Waals surface area contributed by atoms with E-state index in [9.17, 15) is 9.59 Å². The predicted octanol–water partition coefficient (Wildman–Crippen LogP) is 1.87. The molecule has 130 valence electrons. The van der Waals surface area contributed by atoms with Crippen LogP contribution in [-0.4, -0.2) is 59.3 Å². The highest BCUT2D eigenvalue weighted by molar-refractivity contribution is 5.94. The predicted molar refractivity (Wildman–Crippen MR) is 96.3 cm³/mol. The molecule has 6 heteroatoms. The summed E-state index contributed by atoms with van der Waals surface area (Å²) in [6, 6.07) is 13.0. The highest BCUT2D eigenvalue weighted by Crippen LogP contribution is 2.09. The Kier molecular flexibility index (Phi) is 5.74. The number of carbonyl (C=O) groups is 2. The summed E-state index contributed by atoms with van der Waals surface area (Å²) in [4.78, 5) is 32.4. The molecule has 3 rings (SSSR count). The number of piperazine rings is 1. The van der Waals surface area contributed by atoms with Gasteiger partial charge >= 0.3 is 0 Å². The van der Waals surface area contributed by atoms with Crippen molar-refractivity contribution >= 4 is 17.5 Å². The molecule has 0 radical (unpaired) electrons. The molecule has 0 atom stereocenters. The van der Waals surface area contributed by atoms with E-state index in [1.54, 1.807) is 24.5 Å². The number of carbonyl (C=O) groups excluding carboxylic acids is 2. The van der Waals surface area contributed by atoms with Crippen molar-refractivity contribution in [1.29, 1.82) is 0 Å². The number of benzene rings is 1. The lowest BCUT2D eigenvalue weighted by atomic mass is 10.2. The van der Waals surface area contributed by atoms with Gasteiger partial charge in [-0.1, -0.05) is 18.2 Å². The van der Waals surface area contributed by atoms with Gasteiger partial charge in [0.2, 0.25) is 5.91 Å². The maximum atomic E-state index is 12.4. The van der Waals surface area contributed by atoms with E-state index in [2.05, 4.69) is 15.2 Å². The fourth-order valence-electron chi connectivity index (χ4n) is 2.85. The number of anilines is 1. The first kappa shape index (κ1) is 17.1. The van der Waals surface area contributed by atoms with E-state index in [1.807, 2.05) is 35.2 Å². The second-order valence-corrected chi connectivity index (χ2v) is 6.04. The van der Waals surface area contributed by atoms with Gasteiger partial charge in [0.05, 0.1) is 5.56 Å². The van der Waals surface area contributed by atoms with Gasteiger partial charge in [-0.15, -0.1) is 0 Å². The molecule has 0 saturated carbocycles. The Balaban J connectivity index is 1.41. The second kappa shape index (κ2) is 8.39. The first-order chi connectivity index (χ1) is 12.2. The lowest BCUT2D eigenvalue weighted by molar-refractivity contribution is -0.116. The minimum atomic E-state index is 0.0139. The van der Waals surface area contributed by atoms with Crippen LogP contribution in [0.5, 0.6) is 0 Å². The summed E-state index contributed by atoms with van der Waals surface area (Å²) in [5.74, 6) is 0.0367. The van der Waals surface area contributed by atoms with Gasteiger partial charge in [0, 0.05) is 57.2 Å². The fourth-order valence-corrected chi connectivity index (χ4v) is 2.85. The van der Waals surface area contributed by atoms with Gasteiger partial charge in [-0.25, -0.2) is 0 Å². The van der Waals surface area contributed by atoms with Gasteiger partial charge in [-0.3, -0.25) is 19.5 Å². The molecule has 1 aliphatic heterocycles. The van der Waals surface area contributed by atoms with Crippen molar-refractivity contribution in [2.45, 2.75) is 6.42 Å². The van der Waals surface area contributed by atoms with Crippen LogP contribution < -0.4 is 5.32 Å². The van der Waals surface area contributed by atoms with Crippen molar-refractivity contribution in [3.05, 3.63) is 60.4 Å². The third-order valence-electron chi connectivity index (χ3n) is 4.28. The van der Waals surface area contributed by atoms with Crippen LogP contribution in [0.4, 0.5) is 5.69 Å². The van der Waals surface area contributed by atoms with Crippen LogP contribution in [0.1, 0.15) is 16.8 Å². The van der Waals surface area contributed by atoms with Crippen LogP contribution in [0, 0.1) is 0 Å². The number of rotatable bonds is 5. The minimum Gasteiger partial charge on any atom is -0.336 e. The highest BCUT2D eigenvalue weighted by atomic mass is 16.2. The number of amides is 2. The summed E-state index contributed by atoms with van der Waals surface area (Å²) in [5, 5.41) is 2.89. The lowest BCUT2D eigenvalue weighted by Crippen LogP contribution is -2.49. The highest BCUT2D eigenvalue weighted by Gasteiger charge is 2.22. The SMILES string of the molecule is O=C(CCN1CCN(C(=O)c2cccnc2)CC1)Nc1ccccc1. The van der Waals surface area contributed by atoms with Gasteiger partial charge in [0.25, 0.3) is 5.91 Å². The smallest absolute Gasteiger partial charge is 0.255 e. The Morgan fingerprint density at radius 3 is 2.44 bits per heavy atom. The monoisotopic (exact) mass is 338 g/mol. The maximum absolute atomic E-state index is 12.4. The molecule has 2 amide bonds. The third-order valence-corrected chi connectivity index (χ3v) is 4.28. The normalized spacial score (nSPS) is 15.0. The van der Waals surface area contributed by atoms with E-state index < -0.39 is 0 Å². The first-order valence-corrected chi connectivity index (χ1v) is 8.49. The number of hydrogen-bond donors (Lipinski definition) is 1. The van der Waals surface area contributed by atoms with Crippen LogP contribution in [-0.2, 0) is 4.79 Å². The molecule has 0 bridgehead atoms. The number of para-hydroxylation sites is 1. The Morgan fingerprint density at radius 2 is 1.76 bits per heavy atom. The van der Waals surface area contributed by atoms with Crippen molar-refractivity contribution in [2.24, 2.45) is 0 Å². The Morgan fingerprint density at radius 1 is 1.00 bits per heavy atom. The molecule has 1 N–H and O–H groups in total. The fraction of sp³-hybridized carbons (Fsp3) is 0.316. The van der Waals surface area contributed by atoms with Gasteiger partial charge in [0.1, 0.15) is 0 Å². The third kappa shape index (κ3) is 4.87. The van der Waals surface area contributed by atoms with Crippen molar-refractivity contribution in [2.75, 3.05) is 38.0 Å². The summed E-state index contributed by atoms with van der Waals surface area (Å²) in [6.45, 7) is 3.62. The number of aromatic nitrogens is 1. The quantitative estimate of drug-likeness (QED) is 0.904. The summed E-state index contributed by atoms with van der Waals surface area (Å²) >= 11 is 0. The molecule has 0 aliphatic carbocycles. The van der Waals surface area contributed by atoms with E-state index in [0.29, 0.717) is 31.6 Å². The van der Waals surface area contributed by atoms with Crippen molar-refractivity contribution in [3.63, 3.8) is 0 Å². The molecule has 1 aromatic carbocycles. The van der Waals surface area contributed by atoms with E-state index in [1.165, 1.54) is 0 Å². The summed E-state index contributed by atoms with van der Waals surface area (Å²) in [6.07, 6.45) is 3.71. The van der Waals surface area contributed by atoms with Crippen LogP contribution in [0.2, 0.25) is 0 Å². The molecular weight excluding hydrogens is 316 g/mol. The van der Waals surface area contributed by atoms with E-state index >= 15 is 0 Å². The summed E-state index contributed by atoms with van der Waals surface area (Å²) in [5.41, 5.74) is 1.44. The van der Waals surface area contributed by atoms with Gasteiger partial charge in [-0.2, -0.15) is 0 Å². The topological polar surface area (TPSA) is 65.5 Å². The molecule has 0 unspecified atom stereocenters. The second-order valence-electron chi connectivity index (χ2n) is 6.04. The Labute approximate surface area is 147 Å². The average Bonchev–Trinajstić information content (AvgIpc) is 2.68. The molecule has 1 aliphatic rings. The largest absolute Gasteiger partial charge is 0.336 e. The minimum absolute atomic E-state index is 0.0139. The number of nitrogens with zero attached hydrogens (tertiary/aromatic N) is 3. The molecule has 6 nitrogen and oxygen atoms in total. The Bertz CT molecular complexity index is 698. The number of pyridine rings is 1. The number of hydrogen-bond acceptors (Lipinski definition) is 4. The van der Waals surface area contributed by atoms with Gasteiger partial charge < -0.3 is 10.2 Å². The zero-order chi connectivity index (χ0) is 17.5. The number of nitrogens with one attached hydrogen (secondary N) is 1. The molecule has 1 saturated heterocycles. The van der Waals surface area contributed by atoms with E-state index in [4.69, 9.17) is 0 Å². The molecule has 2 aromatic rings. The van der Waals surface area contributed by atoms with Crippen LogP contribution in [0.3, 0.4) is 0 Å². The zero-order valence-electron chi connectivity index (χ0n) is 14.1. The van der Waals surface area contributed by atoms with Gasteiger partial charge in [-0.05, 0) is 24.3 Å².